The Bertz CT molecular complexity index is 1280. The molecule has 1 aliphatic carbocycles. The largest absolute Gasteiger partial charge is 0.443 e. The monoisotopic (exact) mass is 529 g/mol. The van der Waals surface area contributed by atoms with Crippen LogP contribution in [0.5, 0.6) is 0 Å². The van der Waals surface area contributed by atoms with Gasteiger partial charge >= 0.3 is 6.18 Å². The van der Waals surface area contributed by atoms with Crippen LogP contribution in [-0.2, 0) is 16.2 Å². The summed E-state index contributed by atoms with van der Waals surface area (Å²) in [5.74, 6) is -1.48. The first kappa shape index (κ1) is 25.5. The highest BCUT2D eigenvalue weighted by Crippen LogP contribution is 2.52. The Morgan fingerprint density at radius 3 is 2.46 bits per heavy atom. The van der Waals surface area contributed by atoms with Crippen molar-refractivity contribution in [1.29, 1.82) is 0 Å². The molecule has 1 atom stereocenters. The average molecular weight is 530 g/mol. The third-order valence-corrected chi connectivity index (χ3v) is 9.43. The molecule has 1 aromatic carbocycles. The van der Waals surface area contributed by atoms with Crippen molar-refractivity contribution in [3.63, 3.8) is 0 Å². The number of hydrogen-bond donors (Lipinski definition) is 0. The topological polar surface area (TPSA) is 70.6 Å². The van der Waals surface area contributed by atoms with Crippen LogP contribution < -0.4 is 0 Å². The molecule has 1 saturated heterocycles. The molecule has 188 valence electrons. The first-order chi connectivity index (χ1) is 16.3. The molecule has 4 rings (SSSR count). The van der Waals surface area contributed by atoms with Crippen molar-refractivity contribution in [2.45, 2.75) is 42.9 Å². The fourth-order valence-corrected chi connectivity index (χ4v) is 7.23. The lowest BCUT2D eigenvalue weighted by atomic mass is 9.61. The number of thiazole rings is 1. The minimum absolute atomic E-state index is 0.0309. The van der Waals surface area contributed by atoms with Crippen LogP contribution in [0, 0.1) is 11.2 Å². The summed E-state index contributed by atoms with van der Waals surface area (Å²) < 4.78 is 80.3. The van der Waals surface area contributed by atoms with E-state index in [1.54, 1.807) is 6.92 Å². The Morgan fingerprint density at radius 1 is 1.29 bits per heavy atom. The maximum atomic E-state index is 14.0. The number of halogens is 4. The summed E-state index contributed by atoms with van der Waals surface area (Å²) in [6.07, 6.45) is -1.07. The number of carbonyl (C=O) groups is 1. The van der Waals surface area contributed by atoms with E-state index in [0.29, 0.717) is 24.2 Å². The molecule has 2 heterocycles. The van der Waals surface area contributed by atoms with Gasteiger partial charge in [-0.3, -0.25) is 4.79 Å². The van der Waals surface area contributed by atoms with E-state index in [-0.39, 0.29) is 40.0 Å². The highest BCUT2D eigenvalue weighted by atomic mass is 32.2. The Kier molecular flexibility index (Phi) is 6.43. The number of sulfonamides is 1. The quantitative estimate of drug-likeness (QED) is 0.381. The minimum Gasteiger partial charge on any atom is -0.328 e. The third kappa shape index (κ3) is 4.43. The van der Waals surface area contributed by atoms with Gasteiger partial charge in [0.25, 0.3) is 5.91 Å². The molecule has 2 fully saturated rings. The van der Waals surface area contributed by atoms with E-state index < -0.39 is 39.0 Å². The first-order valence-corrected chi connectivity index (χ1v) is 13.0. The molecule has 1 spiro atoms. The first-order valence-electron chi connectivity index (χ1n) is 10.7. The van der Waals surface area contributed by atoms with E-state index in [1.807, 2.05) is 0 Å². The molecule has 6 nitrogen and oxygen atoms in total. The number of hydrogen-bond acceptors (Lipinski definition) is 5. The molecule has 1 saturated carbocycles. The molecule has 2 aromatic rings. The lowest BCUT2D eigenvalue weighted by Crippen LogP contribution is -2.68. The molecule has 0 N–H and O–H groups in total. The van der Waals surface area contributed by atoms with Crippen LogP contribution in [0.4, 0.5) is 17.6 Å². The predicted octanol–water partition coefficient (Wildman–Crippen LogP) is 4.81. The van der Waals surface area contributed by atoms with Gasteiger partial charge in [-0.15, -0.1) is 17.9 Å². The smallest absolute Gasteiger partial charge is 0.328 e. The molecular weight excluding hydrogens is 506 g/mol. The standard InChI is InChI=1S/C23H23F4N3O3S2/c1-4-14(3)30(20(31)19-17(5-2)34-21(28-19)23(25,26)27)15-10-22(11-15)12-29(13-22)35(32,33)18-9-7-6-8-16(18)24/h4-9,14-15H,1-2,10-13H2,3H3. The van der Waals surface area contributed by atoms with E-state index in [0.717, 1.165) is 6.07 Å². The van der Waals surface area contributed by atoms with Gasteiger partial charge in [-0.05, 0) is 38.0 Å². The summed E-state index contributed by atoms with van der Waals surface area (Å²) in [7, 11) is -3.98. The van der Waals surface area contributed by atoms with Gasteiger partial charge in [-0.2, -0.15) is 17.5 Å². The normalized spacial score (nSPS) is 19.0. The van der Waals surface area contributed by atoms with Gasteiger partial charge in [0.05, 0.1) is 4.88 Å². The zero-order valence-corrected chi connectivity index (χ0v) is 20.4. The summed E-state index contributed by atoms with van der Waals surface area (Å²) in [4.78, 5) is 18.0. The van der Waals surface area contributed by atoms with Crippen LogP contribution in [0.3, 0.4) is 0 Å². The summed E-state index contributed by atoms with van der Waals surface area (Å²) in [6.45, 7) is 9.27. The van der Waals surface area contributed by atoms with E-state index in [2.05, 4.69) is 18.1 Å². The summed E-state index contributed by atoms with van der Waals surface area (Å²) in [5.41, 5.74) is -0.688. The number of alkyl halides is 3. The van der Waals surface area contributed by atoms with E-state index in [1.165, 1.54) is 39.6 Å². The molecule has 12 heteroatoms. The lowest BCUT2D eigenvalue weighted by molar-refractivity contribution is -0.137. The van der Waals surface area contributed by atoms with Gasteiger partial charge in [-0.1, -0.05) is 24.8 Å². The number of nitrogens with zero attached hydrogens (tertiary/aromatic N) is 3. The van der Waals surface area contributed by atoms with Gasteiger partial charge in [-0.25, -0.2) is 17.8 Å². The summed E-state index contributed by atoms with van der Waals surface area (Å²) in [6, 6.07) is 4.34. The number of benzene rings is 1. The van der Waals surface area contributed by atoms with Crippen LogP contribution in [-0.4, -0.2) is 53.7 Å². The number of rotatable bonds is 7. The Balaban J connectivity index is 1.50. The van der Waals surface area contributed by atoms with Crippen LogP contribution in [0.15, 0.2) is 48.4 Å². The third-order valence-electron chi connectivity index (χ3n) is 6.51. The average Bonchev–Trinajstić information content (AvgIpc) is 3.18. The van der Waals surface area contributed by atoms with Gasteiger partial charge < -0.3 is 4.90 Å². The van der Waals surface area contributed by atoms with Crippen LogP contribution in [0.25, 0.3) is 6.08 Å². The molecule has 2 aliphatic rings. The molecule has 1 unspecified atom stereocenters. The van der Waals surface area contributed by atoms with E-state index in [9.17, 15) is 30.8 Å². The van der Waals surface area contributed by atoms with Crippen molar-refractivity contribution in [2.24, 2.45) is 5.41 Å². The molecule has 1 amide bonds. The Morgan fingerprint density at radius 2 is 1.91 bits per heavy atom. The maximum Gasteiger partial charge on any atom is 0.443 e. The maximum absolute atomic E-state index is 14.0. The molecular formula is C23H23F4N3O3S2. The number of amides is 1. The fourth-order valence-electron chi connectivity index (χ4n) is 4.72. The molecule has 0 bridgehead atoms. The second kappa shape index (κ2) is 8.82. The van der Waals surface area contributed by atoms with Crippen LogP contribution in [0.1, 0.15) is 40.1 Å². The highest BCUT2D eigenvalue weighted by molar-refractivity contribution is 7.89. The van der Waals surface area contributed by atoms with Gasteiger partial charge in [0.1, 0.15) is 16.4 Å². The van der Waals surface area contributed by atoms with E-state index >= 15 is 0 Å². The van der Waals surface area contributed by atoms with Crippen molar-refractivity contribution in [3.05, 3.63) is 64.9 Å². The fraction of sp³-hybridized carbons (Fsp3) is 0.391. The SMILES string of the molecule is C=Cc1sc(C(F)(F)F)nc1C(=O)N(C(C)C=C)C1CC2(C1)CN(S(=O)(=O)c1ccccc1F)C2. The molecule has 1 aliphatic heterocycles. The number of carbonyl (C=O) groups excluding carboxylic acids is 1. The highest BCUT2D eigenvalue weighted by Gasteiger charge is 2.58. The van der Waals surface area contributed by atoms with Crippen molar-refractivity contribution in [1.82, 2.24) is 14.2 Å². The van der Waals surface area contributed by atoms with Crippen molar-refractivity contribution in [3.8, 4) is 0 Å². The summed E-state index contributed by atoms with van der Waals surface area (Å²) >= 11 is 0.355. The van der Waals surface area contributed by atoms with Gasteiger partial charge in [0, 0.05) is 30.6 Å². The number of aromatic nitrogens is 1. The van der Waals surface area contributed by atoms with Crippen LogP contribution in [0.2, 0.25) is 0 Å². The molecule has 35 heavy (non-hydrogen) atoms. The van der Waals surface area contributed by atoms with Gasteiger partial charge in [0.2, 0.25) is 10.0 Å². The van der Waals surface area contributed by atoms with Gasteiger partial charge in [0.15, 0.2) is 5.01 Å². The lowest BCUT2D eigenvalue weighted by Gasteiger charge is -2.60. The van der Waals surface area contributed by atoms with Crippen molar-refractivity contribution < 1.29 is 30.8 Å². The Labute approximate surface area is 204 Å². The zero-order valence-electron chi connectivity index (χ0n) is 18.8. The second-order valence-electron chi connectivity index (χ2n) is 8.89. The van der Waals surface area contributed by atoms with Crippen molar-refractivity contribution in [2.75, 3.05) is 13.1 Å². The Hall–Kier alpha value is -2.57. The van der Waals surface area contributed by atoms with Crippen LogP contribution >= 0.6 is 11.3 Å². The zero-order chi connectivity index (χ0) is 25.8. The van der Waals surface area contributed by atoms with Crippen molar-refractivity contribution >= 4 is 33.3 Å². The second-order valence-corrected chi connectivity index (χ2v) is 11.8. The molecule has 0 radical (unpaired) electrons. The molecule has 1 aromatic heterocycles. The minimum atomic E-state index is -4.69. The van der Waals surface area contributed by atoms with E-state index in [4.69, 9.17) is 0 Å². The predicted molar refractivity (Wildman–Crippen MR) is 124 cm³/mol. The summed E-state index contributed by atoms with van der Waals surface area (Å²) in [5, 5.41) is -1.12.